The SMILES string of the molecule is CN(Cc1ccoc1)C(=O)c1cc(Br)ccc1Cl. The number of carbonyl (C=O) groups excluding carboxylic acids is 1. The van der Waals surface area contributed by atoms with Crippen molar-refractivity contribution in [1.82, 2.24) is 4.90 Å². The van der Waals surface area contributed by atoms with Crippen LogP contribution in [0.4, 0.5) is 0 Å². The third-order valence-corrected chi connectivity index (χ3v) is 3.33. The molecular weight excluding hydrogens is 318 g/mol. The van der Waals surface area contributed by atoms with Crippen molar-refractivity contribution in [3.63, 3.8) is 0 Å². The Morgan fingerprint density at radius 2 is 2.22 bits per heavy atom. The first-order chi connectivity index (χ1) is 8.58. The van der Waals surface area contributed by atoms with E-state index in [1.165, 1.54) is 0 Å². The molecular formula is C13H11BrClNO2. The first-order valence-electron chi connectivity index (χ1n) is 5.29. The van der Waals surface area contributed by atoms with Gasteiger partial charge in [0.1, 0.15) is 0 Å². The molecule has 0 atom stereocenters. The quantitative estimate of drug-likeness (QED) is 0.854. The van der Waals surface area contributed by atoms with Gasteiger partial charge in [0.15, 0.2) is 0 Å². The summed E-state index contributed by atoms with van der Waals surface area (Å²) >= 11 is 9.36. The smallest absolute Gasteiger partial charge is 0.255 e. The molecule has 2 rings (SSSR count). The fraction of sp³-hybridized carbons (Fsp3) is 0.154. The minimum Gasteiger partial charge on any atom is -0.472 e. The van der Waals surface area contributed by atoms with Gasteiger partial charge in [-0.3, -0.25) is 4.79 Å². The third-order valence-electron chi connectivity index (χ3n) is 2.51. The number of rotatable bonds is 3. The second-order valence-electron chi connectivity index (χ2n) is 3.92. The molecule has 5 heteroatoms. The van der Waals surface area contributed by atoms with Crippen molar-refractivity contribution in [2.24, 2.45) is 0 Å². The van der Waals surface area contributed by atoms with Gasteiger partial charge in [-0.2, -0.15) is 0 Å². The summed E-state index contributed by atoms with van der Waals surface area (Å²) in [4.78, 5) is 13.8. The molecule has 0 bridgehead atoms. The van der Waals surface area contributed by atoms with Crippen LogP contribution in [0.2, 0.25) is 5.02 Å². The first-order valence-corrected chi connectivity index (χ1v) is 6.46. The van der Waals surface area contributed by atoms with E-state index < -0.39 is 0 Å². The van der Waals surface area contributed by atoms with E-state index in [0.29, 0.717) is 17.1 Å². The van der Waals surface area contributed by atoms with E-state index in [9.17, 15) is 4.79 Å². The van der Waals surface area contributed by atoms with E-state index in [4.69, 9.17) is 16.0 Å². The monoisotopic (exact) mass is 327 g/mol. The summed E-state index contributed by atoms with van der Waals surface area (Å²) in [5.41, 5.74) is 1.43. The Bertz CT molecular complexity index is 554. The summed E-state index contributed by atoms with van der Waals surface area (Å²) in [5.74, 6) is -0.123. The summed E-state index contributed by atoms with van der Waals surface area (Å²) < 4.78 is 5.80. The zero-order valence-corrected chi connectivity index (χ0v) is 12.0. The summed E-state index contributed by atoms with van der Waals surface area (Å²) in [5, 5.41) is 0.447. The second kappa shape index (κ2) is 5.59. The number of nitrogens with zero attached hydrogens (tertiary/aromatic N) is 1. The average Bonchev–Trinajstić information content (AvgIpc) is 2.84. The number of hydrogen-bond donors (Lipinski definition) is 0. The number of halogens is 2. The van der Waals surface area contributed by atoms with Crippen LogP contribution >= 0.6 is 27.5 Å². The molecule has 1 aromatic heterocycles. The zero-order valence-electron chi connectivity index (χ0n) is 9.69. The normalized spacial score (nSPS) is 10.4. The van der Waals surface area contributed by atoms with E-state index in [1.807, 2.05) is 6.07 Å². The molecule has 0 saturated heterocycles. The van der Waals surface area contributed by atoms with Crippen LogP contribution in [0.25, 0.3) is 0 Å². The Labute approximate surface area is 118 Å². The van der Waals surface area contributed by atoms with Gasteiger partial charge in [-0.25, -0.2) is 0 Å². The Balaban J connectivity index is 2.17. The Kier molecular flexibility index (Phi) is 4.09. The topological polar surface area (TPSA) is 33.5 Å². The van der Waals surface area contributed by atoms with Crippen molar-refractivity contribution in [1.29, 1.82) is 0 Å². The molecule has 0 radical (unpaired) electrons. The molecule has 0 aliphatic carbocycles. The maximum Gasteiger partial charge on any atom is 0.255 e. The van der Waals surface area contributed by atoms with Crippen LogP contribution in [-0.2, 0) is 6.54 Å². The van der Waals surface area contributed by atoms with Gasteiger partial charge in [-0.05, 0) is 24.3 Å². The lowest BCUT2D eigenvalue weighted by Gasteiger charge is -2.17. The van der Waals surface area contributed by atoms with Crippen LogP contribution < -0.4 is 0 Å². The molecule has 1 heterocycles. The van der Waals surface area contributed by atoms with Gasteiger partial charge in [0.2, 0.25) is 0 Å². The van der Waals surface area contributed by atoms with E-state index in [1.54, 1.807) is 42.7 Å². The lowest BCUT2D eigenvalue weighted by molar-refractivity contribution is 0.0785. The number of benzene rings is 1. The highest BCUT2D eigenvalue weighted by atomic mass is 79.9. The average molecular weight is 329 g/mol. The molecule has 3 nitrogen and oxygen atoms in total. The molecule has 0 saturated carbocycles. The molecule has 0 N–H and O–H groups in total. The van der Waals surface area contributed by atoms with Crippen LogP contribution in [0.15, 0.2) is 45.7 Å². The van der Waals surface area contributed by atoms with Crippen LogP contribution in [0.1, 0.15) is 15.9 Å². The third kappa shape index (κ3) is 2.94. The molecule has 1 amide bonds. The van der Waals surface area contributed by atoms with E-state index >= 15 is 0 Å². The van der Waals surface area contributed by atoms with Crippen LogP contribution in [0.5, 0.6) is 0 Å². The summed E-state index contributed by atoms with van der Waals surface area (Å²) in [7, 11) is 1.73. The van der Waals surface area contributed by atoms with Crippen molar-refractivity contribution < 1.29 is 9.21 Å². The summed E-state index contributed by atoms with van der Waals surface area (Å²) in [6.07, 6.45) is 3.20. The van der Waals surface area contributed by atoms with Crippen molar-refractivity contribution in [3.05, 3.63) is 57.4 Å². The van der Waals surface area contributed by atoms with Crippen molar-refractivity contribution >= 4 is 33.4 Å². The van der Waals surface area contributed by atoms with E-state index in [0.717, 1.165) is 10.0 Å². The van der Waals surface area contributed by atoms with Gasteiger partial charge in [0.25, 0.3) is 5.91 Å². The van der Waals surface area contributed by atoms with Crippen LogP contribution in [0, 0.1) is 0 Å². The second-order valence-corrected chi connectivity index (χ2v) is 5.24. The summed E-state index contributed by atoms with van der Waals surface area (Å²) in [6, 6.07) is 7.04. The van der Waals surface area contributed by atoms with Gasteiger partial charge < -0.3 is 9.32 Å². The van der Waals surface area contributed by atoms with Gasteiger partial charge in [0, 0.05) is 23.6 Å². The molecule has 0 aliphatic heterocycles. The number of hydrogen-bond acceptors (Lipinski definition) is 2. The maximum atomic E-state index is 12.2. The highest BCUT2D eigenvalue weighted by Gasteiger charge is 2.16. The number of furan rings is 1. The highest BCUT2D eigenvalue weighted by molar-refractivity contribution is 9.10. The van der Waals surface area contributed by atoms with Gasteiger partial charge in [-0.1, -0.05) is 27.5 Å². The lowest BCUT2D eigenvalue weighted by atomic mass is 10.2. The molecule has 0 fully saturated rings. The Morgan fingerprint density at radius 3 is 2.89 bits per heavy atom. The predicted octanol–water partition coefficient (Wildman–Crippen LogP) is 3.97. The minimum atomic E-state index is -0.123. The molecule has 2 aromatic rings. The predicted molar refractivity (Wildman–Crippen MR) is 73.7 cm³/mol. The highest BCUT2D eigenvalue weighted by Crippen LogP contribution is 2.22. The molecule has 0 unspecified atom stereocenters. The maximum absolute atomic E-state index is 12.2. The van der Waals surface area contributed by atoms with E-state index in [-0.39, 0.29) is 5.91 Å². The van der Waals surface area contributed by atoms with Crippen molar-refractivity contribution in [3.8, 4) is 0 Å². The Hall–Kier alpha value is -1.26. The van der Waals surface area contributed by atoms with Gasteiger partial charge >= 0.3 is 0 Å². The first kappa shape index (κ1) is 13.2. The van der Waals surface area contributed by atoms with Crippen molar-refractivity contribution in [2.75, 3.05) is 7.05 Å². The largest absolute Gasteiger partial charge is 0.472 e. The van der Waals surface area contributed by atoms with E-state index in [2.05, 4.69) is 15.9 Å². The Morgan fingerprint density at radius 1 is 1.44 bits per heavy atom. The molecule has 94 valence electrons. The molecule has 0 spiro atoms. The lowest BCUT2D eigenvalue weighted by Crippen LogP contribution is -2.26. The van der Waals surface area contributed by atoms with Gasteiger partial charge in [-0.15, -0.1) is 0 Å². The van der Waals surface area contributed by atoms with Crippen molar-refractivity contribution in [2.45, 2.75) is 6.54 Å². The minimum absolute atomic E-state index is 0.123. The van der Waals surface area contributed by atoms with Crippen LogP contribution in [-0.4, -0.2) is 17.9 Å². The fourth-order valence-electron chi connectivity index (χ4n) is 1.60. The summed E-state index contributed by atoms with van der Waals surface area (Å²) in [6.45, 7) is 0.484. The fourth-order valence-corrected chi connectivity index (χ4v) is 2.15. The molecule has 0 aliphatic rings. The molecule has 1 aromatic carbocycles. The van der Waals surface area contributed by atoms with Gasteiger partial charge in [0.05, 0.1) is 23.1 Å². The zero-order chi connectivity index (χ0) is 13.1. The molecule has 18 heavy (non-hydrogen) atoms. The van der Waals surface area contributed by atoms with Crippen LogP contribution in [0.3, 0.4) is 0 Å². The number of amides is 1. The standard InChI is InChI=1S/C13H11BrClNO2/c1-16(7-9-4-5-18-8-9)13(17)11-6-10(14)2-3-12(11)15/h2-6,8H,7H2,1H3. The number of carbonyl (C=O) groups is 1.